The summed E-state index contributed by atoms with van der Waals surface area (Å²) in [7, 11) is 3.18. The van der Waals surface area contributed by atoms with E-state index >= 15 is 0 Å². The Labute approximate surface area is 192 Å². The number of tetrazole rings is 1. The number of anilines is 1. The van der Waals surface area contributed by atoms with E-state index in [0.717, 1.165) is 16.9 Å². The van der Waals surface area contributed by atoms with Crippen LogP contribution < -0.4 is 14.8 Å². The number of benzene rings is 2. The number of nitrogens with one attached hydrogen (secondary N) is 1. The standard InChI is InChI=1S/C21H20N6O3S2/c1-29-17-9-8-14(12-18(17)30-2)16-13-32-20(22-16)23-19(28)10-11-31-21-24-25-26-27(21)15-6-4-3-5-7-15/h3-9,12-13H,10-11H2,1-2H3,(H,22,23,28). The third-order valence-electron chi connectivity index (χ3n) is 4.43. The summed E-state index contributed by atoms with van der Waals surface area (Å²) in [5.74, 6) is 1.69. The molecule has 0 aliphatic carbocycles. The van der Waals surface area contributed by atoms with E-state index in [1.807, 2.05) is 53.9 Å². The Morgan fingerprint density at radius 2 is 1.94 bits per heavy atom. The normalized spacial score (nSPS) is 10.7. The number of methoxy groups -OCH3 is 2. The molecule has 0 atom stereocenters. The lowest BCUT2D eigenvalue weighted by Gasteiger charge is -2.08. The Balaban J connectivity index is 1.32. The summed E-state index contributed by atoms with van der Waals surface area (Å²) in [6.45, 7) is 0. The lowest BCUT2D eigenvalue weighted by molar-refractivity contribution is -0.115. The molecule has 0 aliphatic rings. The largest absolute Gasteiger partial charge is 0.493 e. The van der Waals surface area contributed by atoms with E-state index in [1.165, 1.54) is 23.1 Å². The highest BCUT2D eigenvalue weighted by atomic mass is 32.2. The first-order chi connectivity index (χ1) is 15.7. The van der Waals surface area contributed by atoms with Gasteiger partial charge in [-0.05, 0) is 40.8 Å². The molecule has 0 fully saturated rings. The number of aromatic nitrogens is 5. The average Bonchev–Trinajstić information content (AvgIpc) is 3.49. The van der Waals surface area contributed by atoms with Gasteiger partial charge in [0.15, 0.2) is 16.6 Å². The fourth-order valence-corrected chi connectivity index (χ4v) is 4.44. The van der Waals surface area contributed by atoms with Crippen LogP contribution in [0.5, 0.6) is 11.5 Å². The van der Waals surface area contributed by atoms with Crippen LogP contribution in [0.2, 0.25) is 0 Å². The highest BCUT2D eigenvalue weighted by Gasteiger charge is 2.13. The minimum Gasteiger partial charge on any atom is -0.493 e. The molecule has 1 amide bonds. The second-order valence-corrected chi connectivity index (χ2v) is 8.38. The molecule has 0 saturated heterocycles. The first-order valence-electron chi connectivity index (χ1n) is 9.62. The third-order valence-corrected chi connectivity index (χ3v) is 6.11. The molecule has 2 heterocycles. The number of thiazole rings is 1. The van der Waals surface area contributed by atoms with Crippen molar-refractivity contribution in [2.75, 3.05) is 25.3 Å². The first kappa shape index (κ1) is 21.8. The van der Waals surface area contributed by atoms with Crippen LogP contribution in [0.25, 0.3) is 16.9 Å². The van der Waals surface area contributed by atoms with Crippen molar-refractivity contribution in [3.05, 3.63) is 53.9 Å². The van der Waals surface area contributed by atoms with Crippen LogP contribution in [0.1, 0.15) is 6.42 Å². The Hall–Kier alpha value is -3.44. The van der Waals surface area contributed by atoms with Gasteiger partial charge in [0.2, 0.25) is 11.1 Å². The van der Waals surface area contributed by atoms with E-state index in [-0.39, 0.29) is 5.91 Å². The third kappa shape index (κ3) is 5.06. The minimum absolute atomic E-state index is 0.121. The van der Waals surface area contributed by atoms with Crippen LogP contribution in [0.3, 0.4) is 0 Å². The van der Waals surface area contributed by atoms with Gasteiger partial charge in [0.25, 0.3) is 0 Å². The summed E-state index contributed by atoms with van der Waals surface area (Å²) in [5, 5.41) is 17.7. The molecule has 2 aromatic carbocycles. The molecule has 2 aromatic heterocycles. The molecule has 9 nitrogen and oxygen atoms in total. The Kier molecular flexibility index (Phi) is 6.97. The summed E-state index contributed by atoms with van der Waals surface area (Å²) in [6.07, 6.45) is 0.303. The molecule has 0 unspecified atom stereocenters. The summed E-state index contributed by atoms with van der Waals surface area (Å²) in [5.41, 5.74) is 2.50. The molecule has 0 bridgehead atoms. The van der Waals surface area contributed by atoms with Gasteiger partial charge in [0, 0.05) is 23.1 Å². The van der Waals surface area contributed by atoms with Crippen LogP contribution in [-0.4, -0.2) is 51.1 Å². The zero-order valence-corrected chi connectivity index (χ0v) is 19.0. The Morgan fingerprint density at radius 3 is 2.72 bits per heavy atom. The van der Waals surface area contributed by atoms with Gasteiger partial charge < -0.3 is 14.8 Å². The van der Waals surface area contributed by atoms with Crippen molar-refractivity contribution in [1.82, 2.24) is 25.2 Å². The van der Waals surface area contributed by atoms with E-state index in [1.54, 1.807) is 18.9 Å². The average molecular weight is 469 g/mol. The molecule has 4 rings (SSSR count). The van der Waals surface area contributed by atoms with Crippen LogP contribution in [0, 0.1) is 0 Å². The van der Waals surface area contributed by atoms with E-state index in [2.05, 4.69) is 25.8 Å². The van der Waals surface area contributed by atoms with Crippen molar-refractivity contribution in [3.8, 4) is 28.4 Å². The molecule has 4 aromatic rings. The topological polar surface area (TPSA) is 104 Å². The maximum atomic E-state index is 12.4. The van der Waals surface area contributed by atoms with Gasteiger partial charge in [-0.15, -0.1) is 16.4 Å². The fraction of sp³-hybridized carbons (Fsp3) is 0.190. The molecule has 32 heavy (non-hydrogen) atoms. The number of carbonyl (C=O) groups is 1. The Bertz CT molecular complexity index is 1200. The van der Waals surface area contributed by atoms with Crippen LogP contribution in [0.4, 0.5) is 5.13 Å². The number of hydrogen-bond acceptors (Lipinski definition) is 9. The molecular formula is C21H20N6O3S2. The van der Waals surface area contributed by atoms with E-state index in [9.17, 15) is 4.79 Å². The molecule has 0 radical (unpaired) electrons. The number of carbonyl (C=O) groups excluding carboxylic acids is 1. The van der Waals surface area contributed by atoms with E-state index in [0.29, 0.717) is 34.0 Å². The predicted molar refractivity (Wildman–Crippen MR) is 124 cm³/mol. The lowest BCUT2D eigenvalue weighted by atomic mass is 10.1. The van der Waals surface area contributed by atoms with Crippen molar-refractivity contribution in [1.29, 1.82) is 0 Å². The quantitative estimate of drug-likeness (QED) is 0.369. The van der Waals surface area contributed by atoms with Crippen molar-refractivity contribution in [2.45, 2.75) is 11.6 Å². The van der Waals surface area contributed by atoms with Gasteiger partial charge in [0.1, 0.15) is 0 Å². The number of hydrogen-bond donors (Lipinski definition) is 1. The summed E-state index contributed by atoms with van der Waals surface area (Å²) >= 11 is 2.79. The van der Waals surface area contributed by atoms with Gasteiger partial charge in [0.05, 0.1) is 25.6 Å². The monoisotopic (exact) mass is 468 g/mol. The zero-order chi connectivity index (χ0) is 22.3. The minimum atomic E-state index is -0.121. The van der Waals surface area contributed by atoms with Gasteiger partial charge in [-0.25, -0.2) is 4.98 Å². The molecule has 1 N–H and O–H groups in total. The highest BCUT2D eigenvalue weighted by molar-refractivity contribution is 7.99. The Morgan fingerprint density at radius 1 is 1.12 bits per heavy atom. The van der Waals surface area contributed by atoms with Crippen molar-refractivity contribution >= 4 is 34.1 Å². The number of amides is 1. The number of thioether (sulfide) groups is 1. The molecule has 0 saturated carbocycles. The van der Waals surface area contributed by atoms with Crippen molar-refractivity contribution in [2.24, 2.45) is 0 Å². The highest BCUT2D eigenvalue weighted by Crippen LogP contribution is 2.33. The van der Waals surface area contributed by atoms with Gasteiger partial charge in [-0.1, -0.05) is 30.0 Å². The number of rotatable bonds is 9. The van der Waals surface area contributed by atoms with Crippen LogP contribution in [-0.2, 0) is 4.79 Å². The lowest BCUT2D eigenvalue weighted by Crippen LogP contribution is -2.12. The maximum Gasteiger partial charge on any atom is 0.226 e. The van der Waals surface area contributed by atoms with Gasteiger partial charge in [-0.3, -0.25) is 4.79 Å². The smallest absolute Gasteiger partial charge is 0.226 e. The maximum absolute atomic E-state index is 12.4. The molecule has 164 valence electrons. The summed E-state index contributed by atoms with van der Waals surface area (Å²) in [6, 6.07) is 15.2. The molecular weight excluding hydrogens is 448 g/mol. The number of para-hydroxylation sites is 1. The van der Waals surface area contributed by atoms with Gasteiger partial charge in [-0.2, -0.15) is 4.68 Å². The number of ether oxygens (including phenoxy) is 2. The van der Waals surface area contributed by atoms with Crippen LogP contribution in [0.15, 0.2) is 59.1 Å². The zero-order valence-electron chi connectivity index (χ0n) is 17.4. The van der Waals surface area contributed by atoms with E-state index in [4.69, 9.17) is 9.47 Å². The van der Waals surface area contributed by atoms with Crippen molar-refractivity contribution < 1.29 is 14.3 Å². The number of nitrogens with zero attached hydrogens (tertiary/aromatic N) is 5. The van der Waals surface area contributed by atoms with Crippen molar-refractivity contribution in [3.63, 3.8) is 0 Å². The summed E-state index contributed by atoms with van der Waals surface area (Å²) in [4.78, 5) is 16.9. The SMILES string of the molecule is COc1ccc(-c2csc(NC(=O)CCSc3nnnn3-c3ccccc3)n2)cc1OC. The molecule has 11 heteroatoms. The van der Waals surface area contributed by atoms with E-state index < -0.39 is 0 Å². The van der Waals surface area contributed by atoms with Crippen LogP contribution >= 0.6 is 23.1 Å². The molecule has 0 spiro atoms. The fourth-order valence-electron chi connectivity index (χ4n) is 2.88. The first-order valence-corrected chi connectivity index (χ1v) is 11.5. The predicted octanol–water partition coefficient (Wildman–Crippen LogP) is 3.92. The second kappa shape index (κ2) is 10.2. The van der Waals surface area contributed by atoms with Gasteiger partial charge >= 0.3 is 0 Å². The molecule has 0 aliphatic heterocycles. The second-order valence-electron chi connectivity index (χ2n) is 6.46. The summed E-state index contributed by atoms with van der Waals surface area (Å²) < 4.78 is 12.3.